The molecule has 166 valence electrons. The molecule has 2 aromatic carbocycles. The molecule has 32 heavy (non-hydrogen) atoms. The third kappa shape index (κ3) is 4.76. The maximum atomic E-state index is 13.2. The number of fused-ring (bicyclic) bond motifs is 2. The number of benzene rings is 2. The Balaban J connectivity index is 1.57. The molecule has 0 radical (unpaired) electrons. The number of aryl methyl sites for hydroxylation is 1. The number of nitrogens with one attached hydrogen (secondary N) is 1. The van der Waals surface area contributed by atoms with E-state index in [9.17, 15) is 9.59 Å². The van der Waals surface area contributed by atoms with Crippen molar-refractivity contribution in [1.82, 2.24) is 9.88 Å². The number of halogens is 1. The molecule has 0 spiro atoms. The summed E-state index contributed by atoms with van der Waals surface area (Å²) in [5.41, 5.74) is 4.58. The van der Waals surface area contributed by atoms with Crippen LogP contribution in [0.1, 0.15) is 40.5 Å². The summed E-state index contributed by atoms with van der Waals surface area (Å²) in [7, 11) is 0. The maximum Gasteiger partial charge on any atom is 0.339 e. The van der Waals surface area contributed by atoms with Crippen LogP contribution in [-0.4, -0.2) is 41.5 Å². The van der Waals surface area contributed by atoms with Crippen molar-refractivity contribution in [3.8, 4) is 0 Å². The van der Waals surface area contributed by atoms with Gasteiger partial charge in [0.15, 0.2) is 6.61 Å². The summed E-state index contributed by atoms with van der Waals surface area (Å²) < 4.78 is 5.47. The smallest absolute Gasteiger partial charge is 0.339 e. The lowest BCUT2D eigenvalue weighted by molar-refractivity contribution is -0.119. The molecule has 6 nitrogen and oxygen atoms in total. The van der Waals surface area contributed by atoms with Crippen molar-refractivity contribution < 1.29 is 14.3 Å². The lowest BCUT2D eigenvalue weighted by Crippen LogP contribution is -2.33. The minimum absolute atomic E-state index is 0.380. The van der Waals surface area contributed by atoms with Crippen molar-refractivity contribution in [2.24, 2.45) is 0 Å². The lowest BCUT2D eigenvalue weighted by Gasteiger charge is -2.29. The fraction of sp³-hybridized carbons (Fsp3) is 0.320. The molecule has 4 rings (SSSR count). The summed E-state index contributed by atoms with van der Waals surface area (Å²) in [5.74, 6) is -0.917. The second-order valence-electron chi connectivity index (χ2n) is 8.04. The Morgan fingerprint density at radius 1 is 1.22 bits per heavy atom. The van der Waals surface area contributed by atoms with E-state index in [1.54, 1.807) is 12.1 Å². The van der Waals surface area contributed by atoms with Crippen molar-refractivity contribution in [2.75, 3.05) is 25.0 Å². The van der Waals surface area contributed by atoms with Crippen LogP contribution in [0.5, 0.6) is 0 Å². The third-order valence-corrected chi connectivity index (χ3v) is 5.91. The van der Waals surface area contributed by atoms with E-state index in [-0.39, 0.29) is 6.61 Å². The van der Waals surface area contributed by atoms with Gasteiger partial charge in [0.25, 0.3) is 5.91 Å². The highest BCUT2D eigenvalue weighted by atomic mass is 35.5. The number of aromatic nitrogens is 1. The van der Waals surface area contributed by atoms with Gasteiger partial charge in [0.05, 0.1) is 11.1 Å². The van der Waals surface area contributed by atoms with Crippen molar-refractivity contribution in [2.45, 2.75) is 33.2 Å². The molecule has 0 saturated heterocycles. The van der Waals surface area contributed by atoms with Crippen molar-refractivity contribution in [3.05, 3.63) is 69.9 Å². The Hall–Kier alpha value is -2.96. The van der Waals surface area contributed by atoms with E-state index in [0.717, 1.165) is 53.7 Å². The molecule has 0 saturated carbocycles. The Labute approximate surface area is 192 Å². The summed E-state index contributed by atoms with van der Waals surface area (Å²) in [4.78, 5) is 32.8. The Kier molecular flexibility index (Phi) is 6.72. The normalized spacial score (nSPS) is 13.6. The number of rotatable bonds is 6. The highest BCUT2D eigenvalue weighted by molar-refractivity contribution is 6.31. The Morgan fingerprint density at radius 2 is 2.03 bits per heavy atom. The van der Waals surface area contributed by atoms with E-state index in [1.807, 2.05) is 37.3 Å². The zero-order valence-electron chi connectivity index (χ0n) is 18.3. The van der Waals surface area contributed by atoms with E-state index in [0.29, 0.717) is 22.8 Å². The summed E-state index contributed by atoms with van der Waals surface area (Å²) in [6.45, 7) is 6.16. The van der Waals surface area contributed by atoms with E-state index < -0.39 is 11.9 Å². The number of hydrogen-bond acceptors (Lipinski definition) is 5. The van der Waals surface area contributed by atoms with Crippen LogP contribution >= 0.6 is 11.6 Å². The molecule has 1 aliphatic heterocycles. The van der Waals surface area contributed by atoms with Gasteiger partial charge in [0.2, 0.25) is 0 Å². The second kappa shape index (κ2) is 9.67. The van der Waals surface area contributed by atoms with Crippen molar-refractivity contribution >= 4 is 40.1 Å². The molecule has 2 heterocycles. The predicted octanol–water partition coefficient (Wildman–Crippen LogP) is 4.76. The van der Waals surface area contributed by atoms with Gasteiger partial charge in [-0.05, 0) is 43.7 Å². The van der Waals surface area contributed by atoms with Gasteiger partial charge in [0.1, 0.15) is 0 Å². The quantitative estimate of drug-likeness (QED) is 0.547. The standard InChI is InChI=1S/C25H26ClN3O3/c1-3-11-29-12-10-21-19(14-29)24(18-6-4-5-7-20(18)27-21)25(31)32-15-23(30)28-22-13-17(26)9-8-16(22)2/h4-9,13H,3,10-12,14-15H2,1-2H3,(H,28,30). The number of para-hydroxylation sites is 1. The number of esters is 1. The number of carbonyl (C=O) groups is 2. The molecule has 0 atom stereocenters. The van der Waals surface area contributed by atoms with Gasteiger partial charge < -0.3 is 10.1 Å². The van der Waals surface area contributed by atoms with E-state index in [2.05, 4.69) is 17.1 Å². The summed E-state index contributed by atoms with van der Waals surface area (Å²) >= 11 is 6.02. The predicted molar refractivity (Wildman–Crippen MR) is 126 cm³/mol. The molecular weight excluding hydrogens is 426 g/mol. The average molecular weight is 452 g/mol. The minimum atomic E-state index is -0.504. The topological polar surface area (TPSA) is 71.5 Å². The van der Waals surface area contributed by atoms with Crippen molar-refractivity contribution in [1.29, 1.82) is 0 Å². The van der Waals surface area contributed by atoms with E-state index >= 15 is 0 Å². The van der Waals surface area contributed by atoms with Crippen LogP contribution < -0.4 is 5.32 Å². The van der Waals surface area contributed by atoms with Crippen LogP contribution in [0.15, 0.2) is 42.5 Å². The molecule has 3 aromatic rings. The number of hydrogen-bond donors (Lipinski definition) is 1. The third-order valence-electron chi connectivity index (χ3n) is 5.68. The summed E-state index contributed by atoms with van der Waals surface area (Å²) in [6.07, 6.45) is 1.83. The van der Waals surface area contributed by atoms with E-state index in [4.69, 9.17) is 21.3 Å². The molecule has 1 N–H and O–H groups in total. The first-order chi connectivity index (χ1) is 15.5. The zero-order chi connectivity index (χ0) is 22.7. The maximum absolute atomic E-state index is 13.2. The monoisotopic (exact) mass is 451 g/mol. The first-order valence-electron chi connectivity index (χ1n) is 10.8. The molecule has 1 aromatic heterocycles. The minimum Gasteiger partial charge on any atom is -0.452 e. The van der Waals surface area contributed by atoms with Gasteiger partial charge in [-0.2, -0.15) is 0 Å². The number of anilines is 1. The van der Waals surface area contributed by atoms with Gasteiger partial charge in [-0.1, -0.05) is 42.8 Å². The summed E-state index contributed by atoms with van der Waals surface area (Å²) in [6, 6.07) is 12.8. The fourth-order valence-electron chi connectivity index (χ4n) is 4.10. The number of amides is 1. The molecule has 1 amide bonds. The molecule has 0 aliphatic carbocycles. The summed E-state index contributed by atoms with van der Waals surface area (Å²) in [5, 5.41) is 4.03. The highest BCUT2D eigenvalue weighted by Gasteiger charge is 2.26. The molecule has 1 aliphatic rings. The molecule has 0 bridgehead atoms. The first kappa shape index (κ1) is 22.2. The second-order valence-corrected chi connectivity index (χ2v) is 8.48. The molecular formula is C25H26ClN3O3. The number of ether oxygens (including phenoxy) is 1. The fourth-order valence-corrected chi connectivity index (χ4v) is 4.28. The van der Waals surface area contributed by atoms with Gasteiger partial charge >= 0.3 is 5.97 Å². The van der Waals surface area contributed by atoms with Gasteiger partial charge in [-0.25, -0.2) is 4.79 Å². The van der Waals surface area contributed by atoms with Gasteiger partial charge in [-0.3, -0.25) is 14.7 Å². The Bertz CT molecular complexity index is 1180. The SMILES string of the molecule is CCCN1CCc2nc3ccccc3c(C(=O)OCC(=O)Nc3cc(Cl)ccc3C)c2C1. The largest absolute Gasteiger partial charge is 0.452 e. The Morgan fingerprint density at radius 3 is 2.84 bits per heavy atom. The van der Waals surface area contributed by atoms with Crippen LogP contribution in [0.4, 0.5) is 5.69 Å². The lowest BCUT2D eigenvalue weighted by atomic mass is 9.95. The number of pyridine rings is 1. The van der Waals surface area contributed by atoms with Crippen molar-refractivity contribution in [3.63, 3.8) is 0 Å². The number of carbonyl (C=O) groups excluding carboxylic acids is 2. The first-order valence-corrected chi connectivity index (χ1v) is 11.2. The van der Waals surface area contributed by atoms with Crippen LogP contribution in [0.2, 0.25) is 5.02 Å². The molecule has 7 heteroatoms. The average Bonchev–Trinajstić information content (AvgIpc) is 2.78. The highest BCUT2D eigenvalue weighted by Crippen LogP contribution is 2.29. The zero-order valence-corrected chi connectivity index (χ0v) is 19.0. The van der Waals surface area contributed by atoms with Crippen LogP contribution in [0.3, 0.4) is 0 Å². The molecule has 0 fully saturated rings. The van der Waals surface area contributed by atoms with Gasteiger partial charge in [0, 0.05) is 46.9 Å². The van der Waals surface area contributed by atoms with Crippen LogP contribution in [0, 0.1) is 6.92 Å². The van der Waals surface area contributed by atoms with E-state index in [1.165, 1.54) is 0 Å². The molecule has 0 unspecified atom stereocenters. The van der Waals surface area contributed by atoms with Crippen LogP contribution in [0.25, 0.3) is 10.9 Å². The van der Waals surface area contributed by atoms with Crippen LogP contribution in [-0.2, 0) is 22.5 Å². The van der Waals surface area contributed by atoms with Gasteiger partial charge in [-0.15, -0.1) is 0 Å². The number of nitrogens with zero attached hydrogens (tertiary/aromatic N) is 2.